The van der Waals surface area contributed by atoms with Gasteiger partial charge in [0.1, 0.15) is 0 Å². The lowest BCUT2D eigenvalue weighted by Gasteiger charge is -1.95. The van der Waals surface area contributed by atoms with E-state index >= 15 is 0 Å². The Morgan fingerprint density at radius 1 is 1.56 bits per heavy atom. The maximum atomic E-state index is 10.5. The second-order valence-electron chi connectivity index (χ2n) is 1.80. The Morgan fingerprint density at radius 2 is 2.00 bits per heavy atom. The SMILES string of the molecule is CC(=O)/C(C=N)=C(\C)N. The normalized spacial score (nSPS) is 12.2. The van der Waals surface area contributed by atoms with Crippen LogP contribution in [0, 0.1) is 5.41 Å². The average molecular weight is 126 g/mol. The maximum absolute atomic E-state index is 10.5. The summed E-state index contributed by atoms with van der Waals surface area (Å²) in [6, 6.07) is 0. The molecule has 50 valence electrons. The van der Waals surface area contributed by atoms with Crippen LogP contribution in [-0.4, -0.2) is 12.0 Å². The third kappa shape index (κ3) is 2.08. The molecule has 0 aliphatic carbocycles. The summed E-state index contributed by atoms with van der Waals surface area (Å²) in [5.41, 5.74) is 5.94. The van der Waals surface area contributed by atoms with Crippen LogP contribution >= 0.6 is 0 Å². The quantitative estimate of drug-likeness (QED) is 0.417. The van der Waals surface area contributed by atoms with Crippen LogP contribution in [-0.2, 0) is 4.79 Å². The van der Waals surface area contributed by atoms with Crippen molar-refractivity contribution in [3.63, 3.8) is 0 Å². The molecule has 0 unspecified atom stereocenters. The molecule has 3 nitrogen and oxygen atoms in total. The lowest BCUT2D eigenvalue weighted by atomic mass is 10.2. The minimum absolute atomic E-state index is 0.162. The van der Waals surface area contributed by atoms with Crippen molar-refractivity contribution in [1.29, 1.82) is 5.41 Å². The fraction of sp³-hybridized carbons (Fsp3) is 0.333. The van der Waals surface area contributed by atoms with E-state index in [-0.39, 0.29) is 11.4 Å². The van der Waals surface area contributed by atoms with E-state index in [1.165, 1.54) is 6.92 Å². The molecule has 0 radical (unpaired) electrons. The number of allylic oxidation sites excluding steroid dienone is 2. The highest BCUT2D eigenvalue weighted by molar-refractivity contribution is 6.11. The molecule has 0 atom stereocenters. The molecule has 3 N–H and O–H groups in total. The third-order valence-electron chi connectivity index (χ3n) is 0.948. The molecule has 0 aromatic carbocycles. The van der Waals surface area contributed by atoms with Crippen LogP contribution in [0.1, 0.15) is 13.8 Å². The number of carbonyl (C=O) groups excluding carboxylic acids is 1. The van der Waals surface area contributed by atoms with Gasteiger partial charge in [0.25, 0.3) is 0 Å². The molecular weight excluding hydrogens is 116 g/mol. The molecular formula is C6H10N2O. The Labute approximate surface area is 54.1 Å². The van der Waals surface area contributed by atoms with E-state index in [2.05, 4.69) is 0 Å². The van der Waals surface area contributed by atoms with E-state index < -0.39 is 0 Å². The topological polar surface area (TPSA) is 66.9 Å². The Morgan fingerprint density at radius 3 is 2.00 bits per heavy atom. The van der Waals surface area contributed by atoms with E-state index in [0.29, 0.717) is 5.70 Å². The van der Waals surface area contributed by atoms with Crippen molar-refractivity contribution in [2.24, 2.45) is 5.73 Å². The predicted molar refractivity (Wildman–Crippen MR) is 36.4 cm³/mol. The minimum atomic E-state index is -0.162. The average Bonchev–Trinajstić information content (AvgIpc) is 1.64. The number of rotatable bonds is 2. The molecule has 3 heteroatoms. The molecule has 0 fully saturated rings. The van der Waals surface area contributed by atoms with Gasteiger partial charge in [-0.25, -0.2) is 0 Å². The van der Waals surface area contributed by atoms with Gasteiger partial charge in [0, 0.05) is 11.9 Å². The molecule has 0 aromatic rings. The summed E-state index contributed by atoms with van der Waals surface area (Å²) in [4.78, 5) is 10.5. The summed E-state index contributed by atoms with van der Waals surface area (Å²) in [6.07, 6.45) is 0.970. The van der Waals surface area contributed by atoms with Crippen molar-refractivity contribution in [2.75, 3.05) is 0 Å². The van der Waals surface area contributed by atoms with Crippen molar-refractivity contribution < 1.29 is 4.79 Å². The summed E-state index contributed by atoms with van der Waals surface area (Å²) < 4.78 is 0. The van der Waals surface area contributed by atoms with Crippen LogP contribution in [0.5, 0.6) is 0 Å². The van der Waals surface area contributed by atoms with Crippen molar-refractivity contribution in [2.45, 2.75) is 13.8 Å². The molecule has 0 aliphatic rings. The van der Waals surface area contributed by atoms with Gasteiger partial charge in [-0.3, -0.25) is 4.79 Å². The highest BCUT2D eigenvalue weighted by Gasteiger charge is 2.00. The predicted octanol–water partition coefficient (Wildman–Crippen LogP) is 0.458. The summed E-state index contributed by atoms with van der Waals surface area (Å²) in [5, 5.41) is 6.74. The van der Waals surface area contributed by atoms with Crippen molar-refractivity contribution in [1.82, 2.24) is 0 Å². The Balaban J connectivity index is 4.55. The third-order valence-corrected chi connectivity index (χ3v) is 0.948. The number of nitrogens with one attached hydrogen (secondary N) is 1. The summed E-state index contributed by atoms with van der Waals surface area (Å²) in [7, 11) is 0. The van der Waals surface area contributed by atoms with Crippen molar-refractivity contribution >= 4 is 12.0 Å². The fourth-order valence-electron chi connectivity index (χ4n) is 0.493. The van der Waals surface area contributed by atoms with Crippen molar-refractivity contribution in [3.8, 4) is 0 Å². The molecule has 0 amide bonds. The lowest BCUT2D eigenvalue weighted by molar-refractivity contribution is -0.113. The van der Waals surface area contributed by atoms with E-state index in [1.54, 1.807) is 6.92 Å². The highest BCUT2D eigenvalue weighted by Crippen LogP contribution is 1.94. The number of hydrogen-bond acceptors (Lipinski definition) is 3. The first kappa shape index (κ1) is 7.88. The zero-order valence-electron chi connectivity index (χ0n) is 5.56. The Hall–Kier alpha value is -1.12. The number of Topliss-reactive ketones (excluding diaryl/α,β-unsaturated/α-hetero) is 1. The standard InChI is InChI=1S/C6H10N2O/c1-4(8)6(3-7)5(2)9/h3,7H,8H2,1-2H3/b6-4+,7-3?. The van der Waals surface area contributed by atoms with Crippen LogP contribution in [0.15, 0.2) is 11.3 Å². The van der Waals surface area contributed by atoms with Gasteiger partial charge in [-0.15, -0.1) is 0 Å². The van der Waals surface area contributed by atoms with Crippen molar-refractivity contribution in [3.05, 3.63) is 11.3 Å². The monoisotopic (exact) mass is 126 g/mol. The molecule has 0 aliphatic heterocycles. The summed E-state index contributed by atoms with van der Waals surface area (Å²) >= 11 is 0. The molecule has 0 heterocycles. The fourth-order valence-corrected chi connectivity index (χ4v) is 0.493. The number of carbonyl (C=O) groups is 1. The first-order chi connectivity index (χ1) is 4.09. The van der Waals surface area contributed by atoms with Crippen LogP contribution in [0.3, 0.4) is 0 Å². The number of hydrogen-bond donors (Lipinski definition) is 2. The van der Waals surface area contributed by atoms with Gasteiger partial charge >= 0.3 is 0 Å². The zero-order chi connectivity index (χ0) is 7.44. The number of ketones is 1. The molecule has 0 saturated carbocycles. The molecule has 0 aromatic heterocycles. The van der Waals surface area contributed by atoms with Gasteiger partial charge in [-0.2, -0.15) is 0 Å². The second kappa shape index (κ2) is 3.02. The smallest absolute Gasteiger partial charge is 0.163 e. The lowest BCUT2D eigenvalue weighted by Crippen LogP contribution is -2.06. The molecule has 0 spiro atoms. The summed E-state index contributed by atoms with van der Waals surface area (Å²) in [6.45, 7) is 2.98. The van der Waals surface area contributed by atoms with E-state index in [0.717, 1.165) is 6.21 Å². The summed E-state index contributed by atoms with van der Waals surface area (Å²) in [5.74, 6) is -0.162. The first-order valence-corrected chi connectivity index (χ1v) is 2.57. The number of nitrogens with two attached hydrogens (primary N) is 1. The van der Waals surface area contributed by atoms with Gasteiger partial charge in [-0.1, -0.05) is 0 Å². The zero-order valence-corrected chi connectivity index (χ0v) is 5.56. The van der Waals surface area contributed by atoms with E-state index in [1.807, 2.05) is 0 Å². The van der Waals surface area contributed by atoms with Gasteiger partial charge in [0.2, 0.25) is 0 Å². The van der Waals surface area contributed by atoms with Crippen LogP contribution in [0.2, 0.25) is 0 Å². The molecule has 0 saturated heterocycles. The minimum Gasteiger partial charge on any atom is -0.402 e. The first-order valence-electron chi connectivity index (χ1n) is 2.57. The van der Waals surface area contributed by atoms with E-state index in [9.17, 15) is 4.79 Å². The van der Waals surface area contributed by atoms with Gasteiger partial charge in [-0.05, 0) is 13.8 Å². The molecule has 9 heavy (non-hydrogen) atoms. The Bertz CT molecular complexity index is 166. The largest absolute Gasteiger partial charge is 0.402 e. The molecule has 0 rings (SSSR count). The van der Waals surface area contributed by atoms with Crippen LogP contribution in [0.4, 0.5) is 0 Å². The van der Waals surface area contributed by atoms with Gasteiger partial charge < -0.3 is 11.1 Å². The maximum Gasteiger partial charge on any atom is 0.163 e. The Kier molecular flexibility index (Phi) is 2.64. The van der Waals surface area contributed by atoms with Crippen LogP contribution in [0.25, 0.3) is 0 Å². The second-order valence-corrected chi connectivity index (χ2v) is 1.80. The van der Waals surface area contributed by atoms with Gasteiger partial charge in [0.05, 0.1) is 5.57 Å². The highest BCUT2D eigenvalue weighted by atomic mass is 16.1. The molecule has 0 bridgehead atoms. The van der Waals surface area contributed by atoms with E-state index in [4.69, 9.17) is 11.1 Å². The van der Waals surface area contributed by atoms with Gasteiger partial charge in [0.15, 0.2) is 5.78 Å². The van der Waals surface area contributed by atoms with Crippen LogP contribution < -0.4 is 5.73 Å².